The number of halogens is 1. The number of hydrogen-bond acceptors (Lipinski definition) is 2. The third-order valence-corrected chi connectivity index (χ3v) is 4.08. The van der Waals surface area contributed by atoms with Gasteiger partial charge < -0.3 is 15.4 Å². The summed E-state index contributed by atoms with van der Waals surface area (Å²) in [5.41, 5.74) is 3.62. The van der Waals surface area contributed by atoms with E-state index in [1.807, 2.05) is 48.7 Å². The molecule has 0 saturated carbocycles. The van der Waals surface area contributed by atoms with Crippen molar-refractivity contribution in [3.8, 4) is 0 Å². The molecule has 23 heavy (non-hydrogen) atoms. The molecular weight excluding hydrogens is 312 g/mol. The molecule has 1 heterocycles. The van der Waals surface area contributed by atoms with Crippen molar-refractivity contribution in [2.45, 2.75) is 19.6 Å². The summed E-state index contributed by atoms with van der Waals surface area (Å²) in [5.74, 6) is -0.0707. The van der Waals surface area contributed by atoms with Crippen LogP contribution in [0.15, 0.2) is 48.7 Å². The SMILES string of the molecule is O=C(Cc1c[nH]c2ccc(Cl)cc12)NCc1ccccc1CO. The van der Waals surface area contributed by atoms with Gasteiger partial charge in [-0.1, -0.05) is 35.9 Å². The van der Waals surface area contributed by atoms with Crippen molar-refractivity contribution < 1.29 is 9.90 Å². The van der Waals surface area contributed by atoms with Crippen molar-refractivity contribution in [3.63, 3.8) is 0 Å². The van der Waals surface area contributed by atoms with E-state index in [9.17, 15) is 9.90 Å². The van der Waals surface area contributed by atoms with Crippen LogP contribution in [0.5, 0.6) is 0 Å². The molecule has 1 amide bonds. The molecule has 0 aliphatic carbocycles. The quantitative estimate of drug-likeness (QED) is 0.673. The van der Waals surface area contributed by atoms with Crippen LogP contribution in [0.2, 0.25) is 5.02 Å². The van der Waals surface area contributed by atoms with Gasteiger partial charge in [0, 0.05) is 28.7 Å². The summed E-state index contributed by atoms with van der Waals surface area (Å²) in [7, 11) is 0. The average Bonchev–Trinajstić information content (AvgIpc) is 2.95. The van der Waals surface area contributed by atoms with E-state index < -0.39 is 0 Å². The molecule has 118 valence electrons. The van der Waals surface area contributed by atoms with E-state index in [0.717, 1.165) is 27.6 Å². The number of rotatable bonds is 5. The first-order valence-corrected chi connectivity index (χ1v) is 7.75. The van der Waals surface area contributed by atoms with Crippen LogP contribution in [0.1, 0.15) is 16.7 Å². The van der Waals surface area contributed by atoms with Crippen LogP contribution < -0.4 is 5.32 Å². The number of amides is 1. The Bertz CT molecular complexity index is 842. The minimum atomic E-state index is -0.0707. The van der Waals surface area contributed by atoms with Gasteiger partial charge in [0.25, 0.3) is 0 Å². The Morgan fingerprint density at radius 2 is 1.91 bits per heavy atom. The van der Waals surface area contributed by atoms with Gasteiger partial charge in [-0.2, -0.15) is 0 Å². The number of fused-ring (bicyclic) bond motifs is 1. The van der Waals surface area contributed by atoms with Gasteiger partial charge in [-0.25, -0.2) is 0 Å². The Morgan fingerprint density at radius 3 is 2.70 bits per heavy atom. The number of nitrogens with one attached hydrogen (secondary N) is 2. The highest BCUT2D eigenvalue weighted by Crippen LogP contribution is 2.22. The van der Waals surface area contributed by atoms with E-state index in [2.05, 4.69) is 10.3 Å². The second kappa shape index (κ2) is 6.86. The molecule has 0 fully saturated rings. The number of carbonyl (C=O) groups is 1. The third-order valence-electron chi connectivity index (χ3n) is 3.85. The maximum atomic E-state index is 12.2. The molecule has 0 aliphatic rings. The second-order valence-electron chi connectivity index (χ2n) is 5.38. The minimum absolute atomic E-state index is 0.0347. The summed E-state index contributed by atoms with van der Waals surface area (Å²) in [5, 5.41) is 13.8. The van der Waals surface area contributed by atoms with Crippen LogP contribution in [-0.4, -0.2) is 16.0 Å². The largest absolute Gasteiger partial charge is 0.392 e. The Hall–Kier alpha value is -2.30. The highest BCUT2D eigenvalue weighted by molar-refractivity contribution is 6.31. The minimum Gasteiger partial charge on any atom is -0.392 e. The number of aliphatic hydroxyl groups is 1. The zero-order chi connectivity index (χ0) is 16.2. The van der Waals surface area contributed by atoms with Crippen molar-refractivity contribution in [2.24, 2.45) is 0 Å². The molecule has 0 unspecified atom stereocenters. The molecule has 2 aromatic carbocycles. The van der Waals surface area contributed by atoms with Gasteiger partial charge in [0.15, 0.2) is 0 Å². The van der Waals surface area contributed by atoms with Gasteiger partial charge in [-0.3, -0.25) is 4.79 Å². The van der Waals surface area contributed by atoms with E-state index in [4.69, 9.17) is 11.6 Å². The summed E-state index contributed by atoms with van der Waals surface area (Å²) in [6, 6.07) is 13.1. The Labute approximate surface area is 139 Å². The normalized spacial score (nSPS) is 10.9. The number of aromatic amines is 1. The van der Waals surface area contributed by atoms with Crippen LogP contribution in [0.4, 0.5) is 0 Å². The highest BCUT2D eigenvalue weighted by Gasteiger charge is 2.10. The lowest BCUT2D eigenvalue weighted by Gasteiger charge is -2.09. The molecule has 4 nitrogen and oxygen atoms in total. The van der Waals surface area contributed by atoms with Crippen molar-refractivity contribution in [1.29, 1.82) is 0 Å². The van der Waals surface area contributed by atoms with Crippen molar-refractivity contribution in [3.05, 3.63) is 70.4 Å². The molecule has 0 bridgehead atoms. The molecule has 0 spiro atoms. The number of benzene rings is 2. The molecule has 5 heteroatoms. The van der Waals surface area contributed by atoms with Gasteiger partial charge in [0.2, 0.25) is 5.91 Å². The molecule has 1 aromatic heterocycles. The highest BCUT2D eigenvalue weighted by atomic mass is 35.5. The van der Waals surface area contributed by atoms with Gasteiger partial charge in [-0.15, -0.1) is 0 Å². The zero-order valence-electron chi connectivity index (χ0n) is 12.5. The smallest absolute Gasteiger partial charge is 0.224 e. The Kier molecular flexibility index (Phi) is 4.65. The summed E-state index contributed by atoms with van der Waals surface area (Å²) in [6.45, 7) is 0.367. The van der Waals surface area contributed by atoms with E-state index in [-0.39, 0.29) is 18.9 Å². The summed E-state index contributed by atoms with van der Waals surface area (Å²) in [4.78, 5) is 15.3. The molecule has 0 saturated heterocycles. The molecule has 0 radical (unpaired) electrons. The summed E-state index contributed by atoms with van der Waals surface area (Å²) >= 11 is 6.02. The van der Waals surface area contributed by atoms with Crippen LogP contribution in [-0.2, 0) is 24.4 Å². The average molecular weight is 329 g/mol. The summed E-state index contributed by atoms with van der Waals surface area (Å²) < 4.78 is 0. The first-order chi connectivity index (χ1) is 11.2. The van der Waals surface area contributed by atoms with Gasteiger partial charge >= 0.3 is 0 Å². The van der Waals surface area contributed by atoms with Crippen LogP contribution in [0.3, 0.4) is 0 Å². The monoisotopic (exact) mass is 328 g/mol. The van der Waals surface area contributed by atoms with Crippen LogP contribution in [0.25, 0.3) is 10.9 Å². The zero-order valence-corrected chi connectivity index (χ0v) is 13.2. The Morgan fingerprint density at radius 1 is 1.13 bits per heavy atom. The van der Waals surface area contributed by atoms with Gasteiger partial charge in [-0.05, 0) is 34.9 Å². The predicted molar refractivity (Wildman–Crippen MR) is 91.2 cm³/mol. The Balaban J connectivity index is 1.68. The standard InChI is InChI=1S/C18H17ClN2O2/c19-15-5-6-17-16(8-15)14(10-20-17)7-18(23)21-9-12-3-1-2-4-13(12)11-22/h1-6,8,10,20,22H,7,9,11H2,(H,21,23). The molecule has 3 aromatic rings. The van der Waals surface area contributed by atoms with E-state index in [1.54, 1.807) is 0 Å². The van der Waals surface area contributed by atoms with Crippen molar-refractivity contribution in [2.75, 3.05) is 0 Å². The topological polar surface area (TPSA) is 65.1 Å². The molecule has 3 N–H and O–H groups in total. The lowest BCUT2D eigenvalue weighted by molar-refractivity contribution is -0.120. The fourth-order valence-electron chi connectivity index (χ4n) is 2.61. The lowest BCUT2D eigenvalue weighted by atomic mass is 10.1. The van der Waals surface area contributed by atoms with Crippen LogP contribution >= 0.6 is 11.6 Å². The predicted octanol–water partition coefficient (Wildman–Crippen LogP) is 3.17. The van der Waals surface area contributed by atoms with Gasteiger partial charge in [0.05, 0.1) is 13.0 Å². The lowest BCUT2D eigenvalue weighted by Crippen LogP contribution is -2.25. The number of aromatic nitrogens is 1. The molecular formula is C18H17ClN2O2. The molecule has 0 aliphatic heterocycles. The van der Waals surface area contributed by atoms with Gasteiger partial charge in [0.1, 0.15) is 0 Å². The number of H-pyrrole nitrogens is 1. The number of carbonyl (C=O) groups excluding carboxylic acids is 1. The summed E-state index contributed by atoms with van der Waals surface area (Å²) in [6.07, 6.45) is 2.11. The number of aliphatic hydroxyl groups excluding tert-OH is 1. The second-order valence-corrected chi connectivity index (χ2v) is 5.82. The molecule has 3 rings (SSSR count). The number of hydrogen-bond donors (Lipinski definition) is 3. The fraction of sp³-hybridized carbons (Fsp3) is 0.167. The first-order valence-electron chi connectivity index (χ1n) is 7.37. The third kappa shape index (κ3) is 3.55. The van der Waals surface area contributed by atoms with Crippen molar-refractivity contribution in [1.82, 2.24) is 10.3 Å². The van der Waals surface area contributed by atoms with E-state index >= 15 is 0 Å². The van der Waals surface area contributed by atoms with E-state index in [0.29, 0.717) is 11.6 Å². The van der Waals surface area contributed by atoms with Crippen LogP contribution in [0, 0.1) is 0 Å². The fourth-order valence-corrected chi connectivity index (χ4v) is 2.78. The van der Waals surface area contributed by atoms with Crippen molar-refractivity contribution >= 4 is 28.4 Å². The molecule has 0 atom stereocenters. The van der Waals surface area contributed by atoms with E-state index in [1.165, 1.54) is 0 Å². The maximum absolute atomic E-state index is 12.2. The first kappa shape index (κ1) is 15.6. The maximum Gasteiger partial charge on any atom is 0.224 e.